The van der Waals surface area contributed by atoms with Gasteiger partial charge in [-0.05, 0) is 51.1 Å². The quantitative estimate of drug-likeness (QED) is 0.788. The van der Waals surface area contributed by atoms with E-state index in [1.165, 1.54) is 23.5 Å². The van der Waals surface area contributed by atoms with Crippen molar-refractivity contribution in [2.45, 2.75) is 37.9 Å². The molecule has 2 atom stereocenters. The molecule has 0 bridgehead atoms. The van der Waals surface area contributed by atoms with Crippen LogP contribution in [0.25, 0.3) is 0 Å². The number of morpholine rings is 1. The van der Waals surface area contributed by atoms with Crippen LogP contribution in [0.5, 0.6) is 0 Å². The predicted octanol–water partition coefficient (Wildman–Crippen LogP) is 3.07. The van der Waals surface area contributed by atoms with Gasteiger partial charge in [0.25, 0.3) is 15.9 Å². The summed E-state index contributed by atoms with van der Waals surface area (Å²) in [6.45, 7) is 6.77. The molecule has 3 rings (SSSR count). The number of carbonyl (C=O) groups is 1. The van der Waals surface area contributed by atoms with Crippen LogP contribution in [0.1, 0.15) is 29.8 Å². The average Bonchev–Trinajstić information content (AvgIpc) is 2.66. The molecule has 7 heteroatoms. The van der Waals surface area contributed by atoms with Crippen molar-refractivity contribution in [2.24, 2.45) is 0 Å². The Morgan fingerprint density at radius 1 is 1.07 bits per heavy atom. The fraction of sp³-hybridized carbons (Fsp3) is 0.381. The Kier molecular flexibility index (Phi) is 5.76. The van der Waals surface area contributed by atoms with E-state index in [0.717, 1.165) is 5.56 Å². The normalized spacial score (nSPS) is 20.1. The Morgan fingerprint density at radius 2 is 1.68 bits per heavy atom. The molecule has 1 fully saturated rings. The van der Waals surface area contributed by atoms with Gasteiger partial charge in [0.2, 0.25) is 0 Å². The fourth-order valence-corrected chi connectivity index (χ4v) is 4.61. The number of hydrogen-bond donors (Lipinski definition) is 0. The first-order valence-electron chi connectivity index (χ1n) is 9.29. The van der Waals surface area contributed by atoms with Gasteiger partial charge in [0.15, 0.2) is 0 Å². The topological polar surface area (TPSA) is 66.9 Å². The molecule has 28 heavy (non-hydrogen) atoms. The lowest BCUT2D eigenvalue weighted by Gasteiger charge is -2.35. The van der Waals surface area contributed by atoms with Crippen molar-refractivity contribution in [3.05, 3.63) is 59.7 Å². The Morgan fingerprint density at radius 3 is 2.29 bits per heavy atom. The van der Waals surface area contributed by atoms with E-state index in [1.807, 2.05) is 32.9 Å². The molecule has 0 spiro atoms. The van der Waals surface area contributed by atoms with E-state index >= 15 is 0 Å². The smallest absolute Gasteiger partial charge is 0.264 e. The second kappa shape index (κ2) is 7.93. The zero-order valence-corrected chi connectivity index (χ0v) is 17.4. The highest BCUT2D eigenvalue weighted by Crippen LogP contribution is 2.24. The van der Waals surface area contributed by atoms with Gasteiger partial charge in [-0.15, -0.1) is 0 Å². The molecule has 0 N–H and O–H groups in total. The zero-order chi connectivity index (χ0) is 20.5. The summed E-state index contributed by atoms with van der Waals surface area (Å²) in [5.41, 5.74) is 1.98. The van der Waals surface area contributed by atoms with Crippen LogP contribution in [-0.4, -0.2) is 51.6 Å². The molecule has 1 aliphatic heterocycles. The van der Waals surface area contributed by atoms with Gasteiger partial charge < -0.3 is 9.64 Å². The van der Waals surface area contributed by atoms with Crippen LogP contribution in [0.2, 0.25) is 0 Å². The molecule has 0 aromatic heterocycles. The van der Waals surface area contributed by atoms with E-state index in [0.29, 0.717) is 24.3 Å². The van der Waals surface area contributed by atoms with Gasteiger partial charge in [0.1, 0.15) is 0 Å². The molecule has 150 valence electrons. The Hall–Kier alpha value is -2.38. The number of nitrogens with zero attached hydrogens (tertiary/aromatic N) is 2. The number of benzene rings is 2. The molecular weight excluding hydrogens is 376 g/mol. The Balaban J connectivity index is 1.87. The van der Waals surface area contributed by atoms with E-state index in [9.17, 15) is 13.2 Å². The number of amides is 1. The third-order valence-electron chi connectivity index (χ3n) is 4.84. The van der Waals surface area contributed by atoms with Gasteiger partial charge in [0.05, 0.1) is 22.8 Å². The Bertz CT molecular complexity index is 947. The predicted molar refractivity (Wildman–Crippen MR) is 109 cm³/mol. The molecule has 1 aliphatic rings. The first-order valence-corrected chi connectivity index (χ1v) is 10.7. The van der Waals surface area contributed by atoms with Crippen molar-refractivity contribution in [1.29, 1.82) is 0 Å². The summed E-state index contributed by atoms with van der Waals surface area (Å²) in [5.74, 6) is -0.183. The van der Waals surface area contributed by atoms with Crippen molar-refractivity contribution in [3.63, 3.8) is 0 Å². The maximum absolute atomic E-state index is 13.1. The molecule has 0 aliphatic carbocycles. The summed E-state index contributed by atoms with van der Waals surface area (Å²) in [4.78, 5) is 14.7. The monoisotopic (exact) mass is 402 g/mol. The van der Waals surface area contributed by atoms with E-state index in [1.54, 1.807) is 29.2 Å². The van der Waals surface area contributed by atoms with Crippen LogP contribution >= 0.6 is 0 Å². The van der Waals surface area contributed by atoms with Gasteiger partial charge >= 0.3 is 0 Å². The van der Waals surface area contributed by atoms with Crippen LogP contribution < -0.4 is 4.31 Å². The maximum Gasteiger partial charge on any atom is 0.264 e. The number of carbonyl (C=O) groups excluding carboxylic acids is 1. The highest BCUT2D eigenvalue weighted by molar-refractivity contribution is 7.92. The van der Waals surface area contributed by atoms with Crippen molar-refractivity contribution < 1.29 is 17.9 Å². The van der Waals surface area contributed by atoms with Crippen molar-refractivity contribution >= 4 is 21.6 Å². The van der Waals surface area contributed by atoms with E-state index < -0.39 is 10.0 Å². The minimum absolute atomic E-state index is 0.0488. The summed E-state index contributed by atoms with van der Waals surface area (Å²) in [6.07, 6.45) is -0.0976. The van der Waals surface area contributed by atoms with Crippen LogP contribution in [0.3, 0.4) is 0 Å². The summed E-state index contributed by atoms with van der Waals surface area (Å²) in [5, 5.41) is 0. The number of aryl methyl sites for hydroxylation is 1. The highest BCUT2D eigenvalue weighted by atomic mass is 32.2. The van der Waals surface area contributed by atoms with Gasteiger partial charge in [-0.1, -0.05) is 23.8 Å². The average molecular weight is 403 g/mol. The number of hydrogen-bond acceptors (Lipinski definition) is 4. The number of rotatable bonds is 4. The first-order chi connectivity index (χ1) is 13.2. The van der Waals surface area contributed by atoms with E-state index in [2.05, 4.69) is 0 Å². The number of anilines is 1. The van der Waals surface area contributed by atoms with Gasteiger partial charge in [0, 0.05) is 25.7 Å². The maximum atomic E-state index is 13.1. The largest absolute Gasteiger partial charge is 0.372 e. The number of ether oxygens (including phenoxy) is 1. The Labute approximate surface area is 166 Å². The second-order valence-electron chi connectivity index (χ2n) is 7.30. The lowest BCUT2D eigenvalue weighted by Crippen LogP contribution is -2.48. The van der Waals surface area contributed by atoms with Crippen molar-refractivity contribution in [2.75, 3.05) is 24.4 Å². The summed E-state index contributed by atoms with van der Waals surface area (Å²) in [6, 6.07) is 13.5. The SMILES string of the molecule is Cc1ccc(N(C)S(=O)(=O)c2cccc(C(=O)N3CC(C)OC(C)C3)c2)cc1. The first kappa shape index (κ1) is 20.4. The molecular formula is C21H26N2O4S. The van der Waals surface area contributed by atoms with Crippen LogP contribution in [0.15, 0.2) is 53.4 Å². The second-order valence-corrected chi connectivity index (χ2v) is 9.27. The van der Waals surface area contributed by atoms with Crippen molar-refractivity contribution in [3.8, 4) is 0 Å². The molecule has 1 amide bonds. The fourth-order valence-electron chi connectivity index (χ4n) is 3.37. The minimum Gasteiger partial charge on any atom is -0.372 e. The minimum atomic E-state index is -3.78. The summed E-state index contributed by atoms with van der Waals surface area (Å²) >= 11 is 0. The van der Waals surface area contributed by atoms with Gasteiger partial charge in [-0.3, -0.25) is 9.10 Å². The molecule has 0 radical (unpaired) electrons. The summed E-state index contributed by atoms with van der Waals surface area (Å²) in [7, 11) is -2.26. The zero-order valence-electron chi connectivity index (χ0n) is 16.6. The van der Waals surface area contributed by atoms with Crippen LogP contribution in [-0.2, 0) is 14.8 Å². The molecule has 2 aromatic rings. The van der Waals surface area contributed by atoms with Gasteiger partial charge in [-0.2, -0.15) is 0 Å². The standard InChI is InChI=1S/C21H26N2O4S/c1-15-8-10-19(11-9-15)22(4)28(25,26)20-7-5-6-18(12-20)21(24)23-13-16(2)27-17(3)14-23/h5-12,16-17H,13-14H2,1-4H3. The third-order valence-corrected chi connectivity index (χ3v) is 6.63. The van der Waals surface area contributed by atoms with E-state index in [4.69, 9.17) is 4.74 Å². The number of sulfonamides is 1. The molecule has 2 aromatic carbocycles. The molecule has 1 saturated heterocycles. The lowest BCUT2D eigenvalue weighted by atomic mass is 10.1. The molecule has 1 heterocycles. The van der Waals surface area contributed by atoms with Gasteiger partial charge in [-0.25, -0.2) is 8.42 Å². The van der Waals surface area contributed by atoms with Crippen LogP contribution in [0.4, 0.5) is 5.69 Å². The highest BCUT2D eigenvalue weighted by Gasteiger charge is 2.28. The molecule has 2 unspecified atom stereocenters. The summed E-state index contributed by atoms with van der Waals surface area (Å²) < 4.78 is 33.0. The van der Waals surface area contributed by atoms with E-state index in [-0.39, 0.29) is 23.0 Å². The van der Waals surface area contributed by atoms with Crippen LogP contribution in [0, 0.1) is 6.92 Å². The van der Waals surface area contributed by atoms with Crippen molar-refractivity contribution in [1.82, 2.24) is 4.90 Å². The third kappa shape index (κ3) is 4.20. The molecule has 0 saturated carbocycles. The molecule has 6 nitrogen and oxygen atoms in total. The lowest BCUT2D eigenvalue weighted by molar-refractivity contribution is -0.0586.